The largest absolute Gasteiger partial charge is 0.349 e. The molecule has 3 heteroatoms. The molecule has 1 aromatic rings. The number of rotatable bonds is 2. The Hall–Kier alpha value is -0.830. The number of carbonyl (C=O) groups excluding carboxylic acids is 1. The van der Waals surface area contributed by atoms with E-state index < -0.39 is 0 Å². The van der Waals surface area contributed by atoms with Gasteiger partial charge in [-0.3, -0.25) is 4.79 Å². The summed E-state index contributed by atoms with van der Waals surface area (Å²) in [6.45, 7) is 4.58. The number of hydrogen-bond acceptors (Lipinski definition) is 2. The van der Waals surface area contributed by atoms with Crippen molar-refractivity contribution in [2.45, 2.75) is 45.6 Å². The van der Waals surface area contributed by atoms with Gasteiger partial charge in [-0.15, -0.1) is 11.3 Å². The minimum Gasteiger partial charge on any atom is -0.349 e. The van der Waals surface area contributed by atoms with E-state index in [0.29, 0.717) is 11.5 Å². The van der Waals surface area contributed by atoms with Crippen LogP contribution in [0.5, 0.6) is 0 Å². The molecule has 1 fully saturated rings. The van der Waals surface area contributed by atoms with Crippen molar-refractivity contribution >= 4 is 17.2 Å². The number of carbonyl (C=O) groups is 1. The number of hydrogen-bond donors (Lipinski definition) is 1. The monoisotopic (exact) mass is 237 g/mol. The fourth-order valence-corrected chi connectivity index (χ4v) is 3.11. The van der Waals surface area contributed by atoms with Crippen molar-refractivity contribution in [1.29, 1.82) is 0 Å². The first kappa shape index (κ1) is 11.6. The van der Waals surface area contributed by atoms with Gasteiger partial charge in [0.25, 0.3) is 5.91 Å². The molecule has 1 amide bonds. The summed E-state index contributed by atoms with van der Waals surface area (Å²) in [4.78, 5) is 12.7. The van der Waals surface area contributed by atoms with Gasteiger partial charge in [-0.1, -0.05) is 26.3 Å². The zero-order valence-electron chi connectivity index (χ0n) is 9.95. The number of amides is 1. The zero-order valence-corrected chi connectivity index (χ0v) is 10.8. The van der Waals surface area contributed by atoms with E-state index in [1.807, 2.05) is 17.5 Å². The fourth-order valence-electron chi connectivity index (χ4n) is 2.49. The van der Waals surface area contributed by atoms with E-state index in [-0.39, 0.29) is 5.91 Å². The lowest BCUT2D eigenvalue weighted by atomic mass is 9.75. The Morgan fingerprint density at radius 2 is 2.38 bits per heavy atom. The molecule has 16 heavy (non-hydrogen) atoms. The number of nitrogens with one attached hydrogen (secondary N) is 1. The van der Waals surface area contributed by atoms with E-state index in [2.05, 4.69) is 19.2 Å². The molecule has 1 atom stereocenters. The third-order valence-electron chi connectivity index (χ3n) is 3.29. The predicted octanol–water partition coefficient (Wildman–Crippen LogP) is 3.45. The number of thiophene rings is 1. The van der Waals surface area contributed by atoms with Crippen LogP contribution in [-0.2, 0) is 0 Å². The van der Waals surface area contributed by atoms with E-state index in [4.69, 9.17) is 0 Å². The summed E-state index contributed by atoms with van der Waals surface area (Å²) < 4.78 is 0. The van der Waals surface area contributed by atoms with Gasteiger partial charge in [-0.2, -0.15) is 0 Å². The lowest BCUT2D eigenvalue weighted by molar-refractivity contribution is 0.0906. The van der Waals surface area contributed by atoms with Crippen LogP contribution in [0.3, 0.4) is 0 Å². The topological polar surface area (TPSA) is 29.1 Å². The van der Waals surface area contributed by atoms with Gasteiger partial charge in [0.15, 0.2) is 0 Å². The van der Waals surface area contributed by atoms with E-state index in [9.17, 15) is 4.79 Å². The van der Waals surface area contributed by atoms with Crippen molar-refractivity contribution in [3.63, 3.8) is 0 Å². The Labute approximate surface area is 101 Å². The quantitative estimate of drug-likeness (QED) is 0.838. The van der Waals surface area contributed by atoms with Crippen molar-refractivity contribution in [3.05, 3.63) is 22.4 Å². The summed E-state index contributed by atoms with van der Waals surface area (Å²) in [6.07, 6.45) is 4.73. The summed E-state index contributed by atoms with van der Waals surface area (Å²) in [5.41, 5.74) is 0.381. The maximum absolute atomic E-state index is 11.9. The molecular formula is C13H19NOS. The average molecular weight is 237 g/mol. The van der Waals surface area contributed by atoms with Gasteiger partial charge < -0.3 is 5.32 Å². The molecule has 2 rings (SSSR count). The second-order valence-corrected chi connectivity index (χ2v) is 6.36. The average Bonchev–Trinajstić information content (AvgIpc) is 2.68. The first-order valence-electron chi connectivity index (χ1n) is 5.91. The molecule has 1 heterocycles. The molecule has 0 bridgehead atoms. The van der Waals surface area contributed by atoms with Gasteiger partial charge >= 0.3 is 0 Å². The molecule has 0 radical (unpaired) electrons. The Balaban J connectivity index is 1.92. The van der Waals surface area contributed by atoms with E-state index >= 15 is 0 Å². The Kier molecular flexibility index (Phi) is 3.33. The van der Waals surface area contributed by atoms with Crippen LogP contribution in [0.2, 0.25) is 0 Å². The van der Waals surface area contributed by atoms with Crippen molar-refractivity contribution in [2.75, 3.05) is 0 Å². The van der Waals surface area contributed by atoms with Gasteiger partial charge in [0.2, 0.25) is 0 Å². The van der Waals surface area contributed by atoms with Gasteiger partial charge in [0.05, 0.1) is 4.88 Å². The van der Waals surface area contributed by atoms with Gasteiger partial charge in [-0.25, -0.2) is 0 Å². The third-order valence-corrected chi connectivity index (χ3v) is 4.15. The van der Waals surface area contributed by atoms with Crippen LogP contribution < -0.4 is 5.32 Å². The Morgan fingerprint density at radius 3 is 3.00 bits per heavy atom. The molecule has 88 valence electrons. The minimum absolute atomic E-state index is 0.0951. The normalized spacial score (nSPS) is 24.0. The van der Waals surface area contributed by atoms with Gasteiger partial charge in [0, 0.05) is 6.04 Å². The van der Waals surface area contributed by atoms with Crippen LogP contribution in [0.4, 0.5) is 0 Å². The zero-order chi connectivity index (χ0) is 11.6. The highest BCUT2D eigenvalue weighted by molar-refractivity contribution is 7.12. The highest BCUT2D eigenvalue weighted by Gasteiger charge is 2.28. The molecular weight excluding hydrogens is 218 g/mol. The Bertz CT molecular complexity index is 356. The first-order valence-corrected chi connectivity index (χ1v) is 6.79. The molecule has 1 aliphatic rings. The molecule has 0 aromatic carbocycles. The second-order valence-electron chi connectivity index (χ2n) is 5.41. The maximum atomic E-state index is 11.9. The molecule has 2 nitrogen and oxygen atoms in total. The highest BCUT2D eigenvalue weighted by Crippen LogP contribution is 2.35. The SMILES string of the molecule is CC1(C)CCCC(NC(=O)c2cccs2)C1. The summed E-state index contributed by atoms with van der Waals surface area (Å²) in [6, 6.07) is 4.16. The lowest BCUT2D eigenvalue weighted by Crippen LogP contribution is -2.40. The van der Waals surface area contributed by atoms with E-state index in [0.717, 1.165) is 17.7 Å². The van der Waals surface area contributed by atoms with Crippen LogP contribution in [0.1, 0.15) is 49.2 Å². The second kappa shape index (κ2) is 4.58. The lowest BCUT2D eigenvalue weighted by Gasteiger charge is -2.35. The Morgan fingerprint density at radius 1 is 1.56 bits per heavy atom. The minimum atomic E-state index is 0.0951. The van der Waals surface area contributed by atoms with Crippen LogP contribution in [-0.4, -0.2) is 11.9 Å². The van der Waals surface area contributed by atoms with Crippen molar-refractivity contribution in [1.82, 2.24) is 5.32 Å². The molecule has 1 aromatic heterocycles. The highest BCUT2D eigenvalue weighted by atomic mass is 32.1. The third kappa shape index (κ3) is 2.85. The van der Waals surface area contributed by atoms with E-state index in [1.165, 1.54) is 24.2 Å². The van der Waals surface area contributed by atoms with Gasteiger partial charge in [-0.05, 0) is 36.1 Å². The molecule has 0 aliphatic heterocycles. The van der Waals surface area contributed by atoms with Gasteiger partial charge in [0.1, 0.15) is 0 Å². The van der Waals surface area contributed by atoms with Crippen LogP contribution in [0, 0.1) is 5.41 Å². The summed E-state index contributed by atoms with van der Waals surface area (Å²) >= 11 is 1.51. The molecule has 1 N–H and O–H groups in total. The summed E-state index contributed by atoms with van der Waals surface area (Å²) in [5.74, 6) is 0.0951. The maximum Gasteiger partial charge on any atom is 0.261 e. The molecule has 0 saturated heterocycles. The molecule has 1 aliphatic carbocycles. The predicted molar refractivity (Wildman–Crippen MR) is 67.8 cm³/mol. The van der Waals surface area contributed by atoms with Crippen LogP contribution >= 0.6 is 11.3 Å². The summed E-state index contributed by atoms with van der Waals surface area (Å²) in [5, 5.41) is 5.09. The molecule has 1 saturated carbocycles. The van der Waals surface area contributed by atoms with Crippen LogP contribution in [0.15, 0.2) is 17.5 Å². The molecule has 1 unspecified atom stereocenters. The van der Waals surface area contributed by atoms with E-state index in [1.54, 1.807) is 0 Å². The van der Waals surface area contributed by atoms with Crippen molar-refractivity contribution in [3.8, 4) is 0 Å². The fraction of sp³-hybridized carbons (Fsp3) is 0.615. The standard InChI is InChI=1S/C13H19NOS/c1-13(2)7-3-5-10(9-13)14-12(15)11-6-4-8-16-11/h4,6,8,10H,3,5,7,9H2,1-2H3,(H,14,15). The summed E-state index contributed by atoms with van der Waals surface area (Å²) in [7, 11) is 0. The van der Waals surface area contributed by atoms with Crippen LogP contribution in [0.25, 0.3) is 0 Å². The first-order chi connectivity index (χ1) is 7.57. The van der Waals surface area contributed by atoms with Crippen molar-refractivity contribution < 1.29 is 4.79 Å². The smallest absolute Gasteiger partial charge is 0.261 e. The van der Waals surface area contributed by atoms with Crippen molar-refractivity contribution in [2.24, 2.45) is 5.41 Å². The molecule has 0 spiro atoms.